The highest BCUT2D eigenvalue weighted by molar-refractivity contribution is 6.30. The predicted octanol–water partition coefficient (Wildman–Crippen LogP) is 3.63. The molecule has 0 heterocycles. The maximum Gasteiger partial charge on any atom is 0.142 e. The Balaban J connectivity index is 2.02. The van der Waals surface area contributed by atoms with E-state index in [2.05, 4.69) is 0 Å². The Kier molecular flexibility index (Phi) is 2.46. The van der Waals surface area contributed by atoms with Crippen molar-refractivity contribution in [2.75, 3.05) is 0 Å². The minimum absolute atomic E-state index is 0.0799. The Labute approximate surface area is 103 Å². The van der Waals surface area contributed by atoms with Gasteiger partial charge in [0.1, 0.15) is 11.6 Å². The molecule has 2 atom stereocenters. The van der Waals surface area contributed by atoms with Crippen LogP contribution in [0.25, 0.3) is 0 Å². The molecule has 4 heteroatoms. The first-order valence-electron chi connectivity index (χ1n) is 5.92. The second-order valence-electron chi connectivity index (χ2n) is 5.07. The highest BCUT2D eigenvalue weighted by Gasteiger charge is 2.65. The van der Waals surface area contributed by atoms with Gasteiger partial charge in [-0.15, -0.1) is 0 Å². The van der Waals surface area contributed by atoms with Gasteiger partial charge in [0.15, 0.2) is 0 Å². The van der Waals surface area contributed by atoms with E-state index in [1.807, 2.05) is 0 Å². The lowest BCUT2D eigenvalue weighted by Gasteiger charge is -2.13. The van der Waals surface area contributed by atoms with Crippen molar-refractivity contribution in [1.29, 1.82) is 0 Å². The molecule has 0 amide bonds. The fourth-order valence-electron chi connectivity index (χ4n) is 3.32. The Morgan fingerprint density at radius 1 is 1.12 bits per heavy atom. The molecule has 1 nitrogen and oxygen atoms in total. The molecule has 1 aromatic carbocycles. The summed E-state index contributed by atoms with van der Waals surface area (Å²) in [6, 6.07) is 2.00. The Bertz CT molecular complexity index is 463. The number of hydrogen-bond acceptors (Lipinski definition) is 1. The van der Waals surface area contributed by atoms with Crippen LogP contribution in [0.2, 0.25) is 5.02 Å². The van der Waals surface area contributed by atoms with Crippen LogP contribution < -0.4 is 0 Å². The molecule has 3 rings (SSSR count). The molecular formula is C13H13ClF2O. The summed E-state index contributed by atoms with van der Waals surface area (Å²) in [5.74, 6) is -1.09. The van der Waals surface area contributed by atoms with Crippen molar-refractivity contribution in [3.8, 4) is 0 Å². The SMILES string of the molecule is OC1(c2cc(F)c(Cl)cc2F)C2CCCCC21. The zero-order chi connectivity index (χ0) is 12.2. The van der Waals surface area contributed by atoms with Crippen LogP contribution in [0.5, 0.6) is 0 Å². The fourth-order valence-corrected chi connectivity index (χ4v) is 3.47. The van der Waals surface area contributed by atoms with E-state index in [1.54, 1.807) is 0 Å². The van der Waals surface area contributed by atoms with Crippen molar-refractivity contribution in [3.05, 3.63) is 34.4 Å². The second kappa shape index (κ2) is 3.66. The lowest BCUT2D eigenvalue weighted by atomic mass is 10.0. The lowest BCUT2D eigenvalue weighted by Crippen LogP contribution is -2.13. The van der Waals surface area contributed by atoms with E-state index in [1.165, 1.54) is 0 Å². The van der Waals surface area contributed by atoms with Gasteiger partial charge in [0.05, 0.1) is 10.6 Å². The smallest absolute Gasteiger partial charge is 0.142 e. The van der Waals surface area contributed by atoms with Crippen LogP contribution in [-0.2, 0) is 5.60 Å². The van der Waals surface area contributed by atoms with Gasteiger partial charge in [-0.05, 0) is 36.8 Å². The lowest BCUT2D eigenvalue weighted by molar-refractivity contribution is 0.113. The number of halogens is 3. The summed E-state index contributed by atoms with van der Waals surface area (Å²) in [6.07, 6.45) is 3.90. The van der Waals surface area contributed by atoms with Gasteiger partial charge in [-0.1, -0.05) is 24.4 Å². The maximum atomic E-state index is 13.8. The van der Waals surface area contributed by atoms with Crippen LogP contribution in [0.15, 0.2) is 12.1 Å². The Hall–Kier alpha value is -0.670. The molecule has 2 fully saturated rings. The first-order chi connectivity index (χ1) is 8.05. The topological polar surface area (TPSA) is 20.2 Å². The van der Waals surface area contributed by atoms with Crippen molar-refractivity contribution in [3.63, 3.8) is 0 Å². The van der Waals surface area contributed by atoms with Crippen LogP contribution >= 0.6 is 11.6 Å². The minimum atomic E-state index is -1.16. The summed E-state index contributed by atoms with van der Waals surface area (Å²) < 4.78 is 27.2. The number of rotatable bonds is 1. The molecule has 2 unspecified atom stereocenters. The molecule has 0 aromatic heterocycles. The van der Waals surface area contributed by atoms with E-state index < -0.39 is 17.2 Å². The molecule has 2 aliphatic carbocycles. The third kappa shape index (κ3) is 1.52. The molecule has 17 heavy (non-hydrogen) atoms. The molecule has 92 valence electrons. The van der Waals surface area contributed by atoms with Crippen molar-refractivity contribution in [1.82, 2.24) is 0 Å². The van der Waals surface area contributed by atoms with Crippen LogP contribution in [0, 0.1) is 23.5 Å². The van der Waals surface area contributed by atoms with Gasteiger partial charge in [0.2, 0.25) is 0 Å². The van der Waals surface area contributed by atoms with E-state index in [9.17, 15) is 13.9 Å². The van der Waals surface area contributed by atoms with Crippen molar-refractivity contribution >= 4 is 11.6 Å². The monoisotopic (exact) mass is 258 g/mol. The van der Waals surface area contributed by atoms with E-state index >= 15 is 0 Å². The molecule has 2 saturated carbocycles. The fraction of sp³-hybridized carbons (Fsp3) is 0.538. The third-order valence-electron chi connectivity index (χ3n) is 4.23. The first kappa shape index (κ1) is 11.4. The van der Waals surface area contributed by atoms with E-state index in [4.69, 9.17) is 11.6 Å². The molecule has 0 bridgehead atoms. The zero-order valence-corrected chi connectivity index (χ0v) is 9.97. The van der Waals surface area contributed by atoms with Gasteiger partial charge < -0.3 is 5.11 Å². The quantitative estimate of drug-likeness (QED) is 0.763. The van der Waals surface area contributed by atoms with E-state index in [0.717, 1.165) is 37.8 Å². The zero-order valence-electron chi connectivity index (χ0n) is 9.22. The summed E-state index contributed by atoms with van der Waals surface area (Å²) in [7, 11) is 0. The van der Waals surface area contributed by atoms with Gasteiger partial charge in [0.25, 0.3) is 0 Å². The standard InChI is InChI=1S/C13H13ClF2O/c14-10-6-11(15)9(5-12(10)16)13(17)7-3-1-2-4-8(7)13/h5-8,17H,1-4H2. The summed E-state index contributed by atoms with van der Waals surface area (Å²) in [5.41, 5.74) is -1.08. The minimum Gasteiger partial charge on any atom is -0.384 e. The van der Waals surface area contributed by atoms with Crippen LogP contribution in [0.1, 0.15) is 31.2 Å². The Morgan fingerprint density at radius 3 is 2.29 bits per heavy atom. The average Bonchev–Trinajstić information content (AvgIpc) is 2.92. The molecule has 0 radical (unpaired) electrons. The normalized spacial score (nSPS) is 35.5. The molecule has 0 aliphatic heterocycles. The summed E-state index contributed by atoms with van der Waals surface area (Å²) in [4.78, 5) is 0. The van der Waals surface area contributed by atoms with Crippen molar-refractivity contribution in [2.24, 2.45) is 11.8 Å². The third-order valence-corrected chi connectivity index (χ3v) is 4.52. The van der Waals surface area contributed by atoms with Gasteiger partial charge in [-0.3, -0.25) is 0 Å². The van der Waals surface area contributed by atoms with Gasteiger partial charge in [-0.2, -0.15) is 0 Å². The van der Waals surface area contributed by atoms with Crippen LogP contribution in [0.4, 0.5) is 8.78 Å². The average molecular weight is 259 g/mol. The maximum absolute atomic E-state index is 13.8. The molecular weight excluding hydrogens is 246 g/mol. The Morgan fingerprint density at radius 2 is 1.71 bits per heavy atom. The highest BCUT2D eigenvalue weighted by Crippen LogP contribution is 2.64. The first-order valence-corrected chi connectivity index (χ1v) is 6.30. The van der Waals surface area contributed by atoms with E-state index in [0.29, 0.717) is 0 Å². The summed E-state index contributed by atoms with van der Waals surface area (Å²) >= 11 is 5.51. The van der Waals surface area contributed by atoms with E-state index in [-0.39, 0.29) is 22.4 Å². The van der Waals surface area contributed by atoms with Crippen LogP contribution in [-0.4, -0.2) is 5.11 Å². The number of hydrogen-bond donors (Lipinski definition) is 1. The molecule has 2 aliphatic rings. The second-order valence-corrected chi connectivity index (χ2v) is 5.48. The van der Waals surface area contributed by atoms with Gasteiger partial charge in [-0.25, -0.2) is 8.78 Å². The number of benzene rings is 1. The van der Waals surface area contributed by atoms with Crippen molar-refractivity contribution < 1.29 is 13.9 Å². The summed E-state index contributed by atoms with van der Waals surface area (Å²) in [5, 5.41) is 10.3. The number of fused-ring (bicyclic) bond motifs is 1. The summed E-state index contributed by atoms with van der Waals surface area (Å²) in [6.45, 7) is 0. The molecule has 1 aromatic rings. The van der Waals surface area contributed by atoms with Gasteiger partial charge in [0, 0.05) is 5.56 Å². The van der Waals surface area contributed by atoms with Crippen LogP contribution in [0.3, 0.4) is 0 Å². The highest BCUT2D eigenvalue weighted by atomic mass is 35.5. The van der Waals surface area contributed by atoms with Crippen molar-refractivity contribution in [2.45, 2.75) is 31.3 Å². The number of aliphatic hydroxyl groups is 1. The van der Waals surface area contributed by atoms with Gasteiger partial charge >= 0.3 is 0 Å². The molecule has 1 N–H and O–H groups in total. The predicted molar refractivity (Wildman–Crippen MR) is 60.7 cm³/mol. The molecule has 0 spiro atoms. The largest absolute Gasteiger partial charge is 0.384 e. The molecule has 0 saturated heterocycles.